The normalized spacial score (nSPS) is 10.0. The van der Waals surface area contributed by atoms with Crippen LogP contribution in [0, 0.1) is 18.3 Å². The summed E-state index contributed by atoms with van der Waals surface area (Å²) in [5.74, 6) is 0.809. The van der Waals surface area contributed by atoms with Crippen LogP contribution in [0.15, 0.2) is 24.9 Å². The van der Waals surface area contributed by atoms with Crippen molar-refractivity contribution >= 4 is 11.5 Å². The van der Waals surface area contributed by atoms with Gasteiger partial charge in [-0.05, 0) is 6.92 Å². The summed E-state index contributed by atoms with van der Waals surface area (Å²) in [6.07, 6.45) is 3.27. The Labute approximate surface area is 93.0 Å². The van der Waals surface area contributed by atoms with Gasteiger partial charge in [0, 0.05) is 18.3 Å². The van der Waals surface area contributed by atoms with E-state index in [1.54, 1.807) is 10.6 Å². The third kappa shape index (κ3) is 1.61. The van der Waals surface area contributed by atoms with E-state index in [0.717, 1.165) is 11.5 Å². The van der Waals surface area contributed by atoms with Crippen molar-refractivity contribution in [2.45, 2.75) is 6.92 Å². The zero-order valence-electron chi connectivity index (χ0n) is 8.94. The molecule has 2 aromatic heterocycles. The van der Waals surface area contributed by atoms with Crippen LogP contribution in [0.3, 0.4) is 0 Å². The summed E-state index contributed by atoms with van der Waals surface area (Å²) < 4.78 is 1.62. The Morgan fingerprint density at radius 3 is 3.19 bits per heavy atom. The molecule has 80 valence electrons. The fourth-order valence-electron chi connectivity index (χ4n) is 1.47. The van der Waals surface area contributed by atoms with Crippen LogP contribution >= 0.6 is 0 Å². The highest BCUT2D eigenvalue weighted by molar-refractivity contribution is 5.58. The number of aromatic nitrogens is 3. The predicted octanol–water partition coefficient (Wildman–Crippen LogP) is 1.51. The van der Waals surface area contributed by atoms with E-state index in [9.17, 15) is 0 Å². The highest BCUT2D eigenvalue weighted by atomic mass is 15.3. The molecule has 2 aromatic rings. The van der Waals surface area contributed by atoms with Crippen molar-refractivity contribution in [1.82, 2.24) is 14.6 Å². The molecular weight excluding hydrogens is 202 g/mol. The van der Waals surface area contributed by atoms with Crippen LogP contribution in [0.25, 0.3) is 5.65 Å². The molecule has 0 saturated carbocycles. The largest absolute Gasteiger partial charge is 0.366 e. The lowest BCUT2D eigenvalue weighted by Gasteiger charge is -2.06. The lowest BCUT2D eigenvalue weighted by molar-refractivity contribution is 0.928. The third-order valence-electron chi connectivity index (χ3n) is 2.15. The molecule has 16 heavy (non-hydrogen) atoms. The monoisotopic (exact) mass is 213 g/mol. The van der Waals surface area contributed by atoms with Gasteiger partial charge in [0.1, 0.15) is 17.5 Å². The van der Waals surface area contributed by atoms with Crippen molar-refractivity contribution in [3.05, 3.63) is 36.2 Å². The van der Waals surface area contributed by atoms with E-state index in [-0.39, 0.29) is 0 Å². The first-order chi connectivity index (χ1) is 7.76. The Bertz CT molecular complexity index is 576. The van der Waals surface area contributed by atoms with Crippen LogP contribution in [0.5, 0.6) is 0 Å². The van der Waals surface area contributed by atoms with Crippen molar-refractivity contribution in [1.29, 1.82) is 5.26 Å². The SMILES string of the molecule is C=CCNc1cc(C)nc2c(C#N)cnn12. The molecule has 0 aromatic carbocycles. The maximum atomic E-state index is 8.90. The number of nitrogens with one attached hydrogen (secondary N) is 1. The Morgan fingerprint density at radius 1 is 1.69 bits per heavy atom. The van der Waals surface area contributed by atoms with Crippen molar-refractivity contribution in [2.75, 3.05) is 11.9 Å². The van der Waals surface area contributed by atoms with Gasteiger partial charge in [-0.15, -0.1) is 6.58 Å². The first-order valence-electron chi connectivity index (χ1n) is 4.86. The Morgan fingerprint density at radius 2 is 2.50 bits per heavy atom. The van der Waals surface area contributed by atoms with Gasteiger partial charge in [0.15, 0.2) is 5.65 Å². The maximum Gasteiger partial charge on any atom is 0.175 e. The van der Waals surface area contributed by atoms with Crippen molar-refractivity contribution < 1.29 is 0 Å². The van der Waals surface area contributed by atoms with Crippen LogP contribution in [-0.4, -0.2) is 21.1 Å². The molecule has 2 heterocycles. The van der Waals surface area contributed by atoms with Crippen LogP contribution in [0.4, 0.5) is 5.82 Å². The molecule has 5 nitrogen and oxygen atoms in total. The summed E-state index contributed by atoms with van der Waals surface area (Å²) in [4.78, 5) is 4.29. The van der Waals surface area contributed by atoms with E-state index in [1.165, 1.54) is 6.20 Å². The van der Waals surface area contributed by atoms with Crippen LogP contribution in [0.2, 0.25) is 0 Å². The quantitative estimate of drug-likeness (QED) is 0.785. The molecule has 5 heteroatoms. The van der Waals surface area contributed by atoms with E-state index in [4.69, 9.17) is 5.26 Å². The zero-order valence-corrected chi connectivity index (χ0v) is 8.94. The highest BCUT2D eigenvalue weighted by Crippen LogP contribution is 2.14. The molecule has 0 aliphatic carbocycles. The number of hydrogen-bond acceptors (Lipinski definition) is 4. The maximum absolute atomic E-state index is 8.90. The fourth-order valence-corrected chi connectivity index (χ4v) is 1.47. The van der Waals surface area contributed by atoms with Gasteiger partial charge in [-0.3, -0.25) is 0 Å². The van der Waals surface area contributed by atoms with Crippen molar-refractivity contribution in [2.24, 2.45) is 0 Å². The first kappa shape index (κ1) is 10.2. The highest BCUT2D eigenvalue weighted by Gasteiger charge is 2.08. The third-order valence-corrected chi connectivity index (χ3v) is 2.15. The van der Waals surface area contributed by atoms with Crippen molar-refractivity contribution in [3.8, 4) is 6.07 Å². The number of aryl methyl sites for hydroxylation is 1. The van der Waals surface area contributed by atoms with Gasteiger partial charge in [-0.1, -0.05) is 6.08 Å². The topological polar surface area (TPSA) is 66.0 Å². The van der Waals surface area contributed by atoms with Gasteiger partial charge < -0.3 is 5.32 Å². The molecule has 0 fully saturated rings. The van der Waals surface area contributed by atoms with Gasteiger partial charge in [0.2, 0.25) is 0 Å². The number of fused-ring (bicyclic) bond motifs is 1. The smallest absolute Gasteiger partial charge is 0.175 e. The van der Waals surface area contributed by atoms with Crippen LogP contribution in [-0.2, 0) is 0 Å². The molecule has 0 bridgehead atoms. The summed E-state index contributed by atoms with van der Waals surface area (Å²) >= 11 is 0. The van der Waals surface area contributed by atoms with E-state index >= 15 is 0 Å². The molecule has 1 N–H and O–H groups in total. The summed E-state index contributed by atoms with van der Waals surface area (Å²) in [5, 5.41) is 16.2. The molecule has 0 amide bonds. The summed E-state index contributed by atoms with van der Waals surface area (Å²) in [5.41, 5.74) is 1.90. The Hall–Kier alpha value is -2.35. The van der Waals surface area contributed by atoms with Gasteiger partial charge in [0.25, 0.3) is 0 Å². The lowest BCUT2D eigenvalue weighted by atomic mass is 10.3. The molecule has 0 aliphatic heterocycles. The number of anilines is 1. The molecule has 0 radical (unpaired) electrons. The first-order valence-corrected chi connectivity index (χ1v) is 4.86. The van der Waals surface area contributed by atoms with Crippen LogP contribution < -0.4 is 5.32 Å². The second-order valence-corrected chi connectivity index (χ2v) is 3.36. The Kier molecular flexibility index (Phi) is 2.56. The molecule has 0 atom stereocenters. The standard InChI is InChI=1S/C11H11N5/c1-3-4-13-10-5-8(2)15-11-9(6-12)7-14-16(10)11/h3,5,7,13H,1,4H2,2H3. The fraction of sp³-hybridized carbons (Fsp3) is 0.182. The average molecular weight is 213 g/mol. The molecule has 2 rings (SSSR count). The zero-order chi connectivity index (χ0) is 11.5. The van der Waals surface area contributed by atoms with E-state index in [2.05, 4.69) is 28.0 Å². The number of nitriles is 1. The average Bonchev–Trinajstić information content (AvgIpc) is 2.68. The van der Waals surface area contributed by atoms with E-state index in [0.29, 0.717) is 17.8 Å². The molecule has 0 aliphatic rings. The minimum absolute atomic E-state index is 0.477. The molecule has 0 unspecified atom stereocenters. The second-order valence-electron chi connectivity index (χ2n) is 3.36. The lowest BCUT2D eigenvalue weighted by Crippen LogP contribution is -2.06. The molecular formula is C11H11N5. The summed E-state index contributed by atoms with van der Waals surface area (Å²) in [7, 11) is 0. The van der Waals surface area contributed by atoms with Gasteiger partial charge in [-0.2, -0.15) is 14.9 Å². The number of nitrogens with zero attached hydrogens (tertiary/aromatic N) is 4. The molecule has 0 saturated heterocycles. The predicted molar refractivity (Wildman–Crippen MR) is 61.1 cm³/mol. The minimum Gasteiger partial charge on any atom is -0.366 e. The second kappa shape index (κ2) is 4.03. The minimum atomic E-state index is 0.477. The number of rotatable bonds is 3. The van der Waals surface area contributed by atoms with E-state index in [1.807, 2.05) is 13.0 Å². The van der Waals surface area contributed by atoms with Crippen LogP contribution in [0.1, 0.15) is 11.3 Å². The van der Waals surface area contributed by atoms with Crippen molar-refractivity contribution in [3.63, 3.8) is 0 Å². The van der Waals surface area contributed by atoms with Gasteiger partial charge in [-0.25, -0.2) is 4.98 Å². The summed E-state index contributed by atoms with van der Waals surface area (Å²) in [6, 6.07) is 3.95. The molecule has 0 spiro atoms. The van der Waals surface area contributed by atoms with Gasteiger partial charge >= 0.3 is 0 Å². The Balaban J connectivity index is 2.60. The summed E-state index contributed by atoms with van der Waals surface area (Å²) in [6.45, 7) is 6.16. The van der Waals surface area contributed by atoms with Gasteiger partial charge in [0.05, 0.1) is 6.20 Å². The number of hydrogen-bond donors (Lipinski definition) is 1. The van der Waals surface area contributed by atoms with E-state index < -0.39 is 0 Å².